The largest absolute Gasteiger partial charge is 0.496 e. The molecule has 0 atom stereocenters. The first-order chi connectivity index (χ1) is 12.5. The summed E-state index contributed by atoms with van der Waals surface area (Å²) in [6, 6.07) is 16.0. The van der Waals surface area contributed by atoms with Crippen LogP contribution in [0.3, 0.4) is 0 Å². The maximum absolute atomic E-state index is 12.6. The van der Waals surface area contributed by atoms with Crippen molar-refractivity contribution in [3.63, 3.8) is 0 Å². The molecule has 0 aliphatic rings. The van der Waals surface area contributed by atoms with Crippen molar-refractivity contribution >= 4 is 38.3 Å². The van der Waals surface area contributed by atoms with Gasteiger partial charge in [0.1, 0.15) is 5.75 Å². The lowest BCUT2D eigenvalue weighted by Crippen LogP contribution is -2.13. The number of sulfonamides is 1. The smallest absolute Gasteiger partial charge is 0.261 e. The number of nitrogens with zero attached hydrogens (tertiary/aromatic N) is 1. The molecule has 2 aromatic carbocycles. The van der Waals surface area contributed by atoms with E-state index in [2.05, 4.69) is 32.3 Å². The zero-order chi connectivity index (χ0) is 18.6. The summed E-state index contributed by atoms with van der Waals surface area (Å²) in [6.07, 6.45) is 4.29. The van der Waals surface area contributed by atoms with E-state index in [-0.39, 0.29) is 4.90 Å². The molecule has 0 bridgehead atoms. The molecule has 0 saturated carbocycles. The van der Waals surface area contributed by atoms with Crippen molar-refractivity contribution in [3.05, 3.63) is 81.7 Å². The average molecular weight is 480 g/mol. The maximum atomic E-state index is 12.6. The summed E-state index contributed by atoms with van der Waals surface area (Å²) in [6.45, 7) is 0. The van der Waals surface area contributed by atoms with Gasteiger partial charge in [0.05, 0.1) is 15.6 Å². The molecule has 0 saturated heterocycles. The topological polar surface area (TPSA) is 68.3 Å². The van der Waals surface area contributed by atoms with E-state index in [1.54, 1.807) is 43.8 Å². The van der Waals surface area contributed by atoms with Crippen LogP contribution in [0.25, 0.3) is 0 Å². The van der Waals surface area contributed by atoms with Gasteiger partial charge in [-0.25, -0.2) is 8.42 Å². The molecule has 0 aliphatic carbocycles. The molecule has 0 unspecified atom stereocenters. The van der Waals surface area contributed by atoms with E-state index in [0.717, 1.165) is 21.1 Å². The van der Waals surface area contributed by atoms with E-state index < -0.39 is 10.0 Å². The summed E-state index contributed by atoms with van der Waals surface area (Å²) in [7, 11) is -2.10. The molecule has 1 N–H and O–H groups in total. The molecule has 3 aromatic rings. The molecule has 5 nitrogen and oxygen atoms in total. The van der Waals surface area contributed by atoms with Crippen molar-refractivity contribution in [1.29, 1.82) is 0 Å². The average Bonchev–Trinajstić information content (AvgIpc) is 2.64. The van der Waals surface area contributed by atoms with Gasteiger partial charge in [0, 0.05) is 18.1 Å². The maximum Gasteiger partial charge on any atom is 0.261 e. The zero-order valence-electron chi connectivity index (χ0n) is 14.0. The minimum absolute atomic E-state index is 0.198. The Hall–Kier alpha value is -2.13. The summed E-state index contributed by atoms with van der Waals surface area (Å²) in [5, 5.41) is 0. The number of anilines is 1. The quantitative estimate of drug-likeness (QED) is 0.540. The summed E-state index contributed by atoms with van der Waals surface area (Å²) < 4.78 is 33.6. The lowest BCUT2D eigenvalue weighted by atomic mass is 10.1. The van der Waals surface area contributed by atoms with Gasteiger partial charge >= 0.3 is 0 Å². The Kier molecular flexibility index (Phi) is 5.77. The minimum Gasteiger partial charge on any atom is -0.496 e. The standard InChI is InChI=1S/C19H17IN2O3S/c1-25-19-7-6-17(13-18(19)20)26(23,24)22-16-4-2-14(3-5-16)12-15-8-10-21-11-9-15/h2-11,13,22H,12H2,1H3. The second-order valence-electron chi connectivity index (χ2n) is 5.63. The second-order valence-corrected chi connectivity index (χ2v) is 8.48. The third kappa shape index (κ3) is 4.53. The minimum atomic E-state index is -3.65. The molecule has 3 rings (SSSR count). The third-order valence-corrected chi connectivity index (χ3v) is 6.02. The number of hydrogen-bond acceptors (Lipinski definition) is 4. The number of nitrogens with one attached hydrogen (secondary N) is 1. The predicted octanol–water partition coefficient (Wildman–Crippen LogP) is 4.09. The Morgan fingerprint density at radius 2 is 1.65 bits per heavy atom. The van der Waals surface area contributed by atoms with E-state index in [0.29, 0.717) is 11.4 Å². The highest BCUT2D eigenvalue weighted by molar-refractivity contribution is 14.1. The SMILES string of the molecule is COc1ccc(S(=O)(=O)Nc2ccc(Cc3ccncc3)cc2)cc1I. The molecular weight excluding hydrogens is 463 g/mol. The van der Waals surface area contributed by atoms with Gasteiger partial charge in [0.2, 0.25) is 0 Å². The van der Waals surface area contributed by atoms with E-state index >= 15 is 0 Å². The highest BCUT2D eigenvalue weighted by Crippen LogP contribution is 2.25. The van der Waals surface area contributed by atoms with Gasteiger partial charge in [0.25, 0.3) is 10.0 Å². The van der Waals surface area contributed by atoms with E-state index in [1.165, 1.54) is 6.07 Å². The van der Waals surface area contributed by atoms with Gasteiger partial charge in [-0.3, -0.25) is 9.71 Å². The van der Waals surface area contributed by atoms with Gasteiger partial charge in [-0.2, -0.15) is 0 Å². The molecule has 1 aromatic heterocycles. The van der Waals surface area contributed by atoms with Crippen LogP contribution in [0.15, 0.2) is 71.9 Å². The van der Waals surface area contributed by atoms with Crippen molar-refractivity contribution in [3.8, 4) is 5.75 Å². The first-order valence-electron chi connectivity index (χ1n) is 7.82. The van der Waals surface area contributed by atoms with Gasteiger partial charge in [0.15, 0.2) is 0 Å². The Bertz CT molecular complexity index is 991. The Labute approximate surface area is 166 Å². The predicted molar refractivity (Wildman–Crippen MR) is 110 cm³/mol. The lowest BCUT2D eigenvalue weighted by molar-refractivity contribution is 0.411. The van der Waals surface area contributed by atoms with Crippen LogP contribution < -0.4 is 9.46 Å². The Balaban J connectivity index is 1.74. The van der Waals surface area contributed by atoms with Crippen molar-refractivity contribution in [2.24, 2.45) is 0 Å². The summed E-state index contributed by atoms with van der Waals surface area (Å²) in [5.74, 6) is 0.644. The monoisotopic (exact) mass is 480 g/mol. The van der Waals surface area contributed by atoms with E-state index in [9.17, 15) is 8.42 Å². The van der Waals surface area contributed by atoms with Crippen LogP contribution >= 0.6 is 22.6 Å². The summed E-state index contributed by atoms with van der Waals surface area (Å²) in [4.78, 5) is 4.20. The normalized spacial score (nSPS) is 11.2. The number of ether oxygens (including phenoxy) is 1. The van der Waals surface area contributed by atoms with Crippen LogP contribution in [-0.4, -0.2) is 20.5 Å². The molecular formula is C19H17IN2O3S. The van der Waals surface area contributed by atoms with Crippen molar-refractivity contribution in [1.82, 2.24) is 4.98 Å². The zero-order valence-corrected chi connectivity index (χ0v) is 17.0. The van der Waals surface area contributed by atoms with Crippen LogP contribution in [0.4, 0.5) is 5.69 Å². The highest BCUT2D eigenvalue weighted by Gasteiger charge is 2.16. The molecule has 7 heteroatoms. The number of pyridine rings is 1. The van der Waals surface area contributed by atoms with Crippen LogP contribution in [-0.2, 0) is 16.4 Å². The first-order valence-corrected chi connectivity index (χ1v) is 10.4. The highest BCUT2D eigenvalue weighted by atomic mass is 127. The molecule has 26 heavy (non-hydrogen) atoms. The number of halogens is 1. The Morgan fingerprint density at radius 1 is 1.00 bits per heavy atom. The lowest BCUT2D eigenvalue weighted by Gasteiger charge is -2.10. The molecule has 0 radical (unpaired) electrons. The van der Waals surface area contributed by atoms with Crippen molar-refractivity contribution in [2.75, 3.05) is 11.8 Å². The first kappa shape index (κ1) is 18.7. The summed E-state index contributed by atoms with van der Waals surface area (Å²) in [5.41, 5.74) is 2.77. The fourth-order valence-electron chi connectivity index (χ4n) is 2.46. The van der Waals surface area contributed by atoms with E-state index in [1.807, 2.05) is 24.3 Å². The van der Waals surface area contributed by atoms with Gasteiger partial charge in [-0.15, -0.1) is 0 Å². The third-order valence-electron chi connectivity index (χ3n) is 3.80. The fourth-order valence-corrected chi connectivity index (χ4v) is 4.49. The number of methoxy groups -OCH3 is 1. The molecule has 134 valence electrons. The van der Waals surface area contributed by atoms with E-state index in [4.69, 9.17) is 4.74 Å². The number of hydrogen-bond donors (Lipinski definition) is 1. The molecule has 0 amide bonds. The van der Waals surface area contributed by atoms with Gasteiger partial charge in [-0.1, -0.05) is 12.1 Å². The van der Waals surface area contributed by atoms with Crippen molar-refractivity contribution < 1.29 is 13.2 Å². The van der Waals surface area contributed by atoms with Crippen LogP contribution in [0.2, 0.25) is 0 Å². The summed E-state index contributed by atoms with van der Waals surface area (Å²) >= 11 is 2.05. The van der Waals surface area contributed by atoms with Crippen LogP contribution in [0.5, 0.6) is 5.75 Å². The Morgan fingerprint density at radius 3 is 2.27 bits per heavy atom. The van der Waals surface area contributed by atoms with Crippen molar-refractivity contribution in [2.45, 2.75) is 11.3 Å². The molecule has 0 fully saturated rings. The van der Waals surface area contributed by atoms with Crippen LogP contribution in [0.1, 0.15) is 11.1 Å². The molecule has 0 aliphatic heterocycles. The molecule has 0 spiro atoms. The number of rotatable bonds is 6. The second kappa shape index (κ2) is 8.05. The number of aromatic nitrogens is 1. The van der Waals surface area contributed by atoms with Crippen LogP contribution in [0, 0.1) is 3.57 Å². The van der Waals surface area contributed by atoms with Gasteiger partial charge in [-0.05, 0) is 82.6 Å². The fraction of sp³-hybridized carbons (Fsp3) is 0.105. The van der Waals surface area contributed by atoms with Gasteiger partial charge < -0.3 is 4.74 Å². The number of benzene rings is 2. The molecule has 1 heterocycles.